The molecule has 0 saturated carbocycles. The predicted octanol–water partition coefficient (Wildman–Crippen LogP) is 8.84. The smallest absolute Gasteiger partial charge is 0.268 e. The molecule has 1 amide bonds. The van der Waals surface area contributed by atoms with E-state index < -0.39 is 15.9 Å². The quantitative estimate of drug-likeness (QED) is 0.104. The van der Waals surface area contributed by atoms with Crippen molar-refractivity contribution in [3.05, 3.63) is 149 Å². The molecule has 310 valence electrons. The molecule has 12 heteroatoms. The largest absolute Gasteiger partial charge is 0.456 e. The molecule has 2 saturated heterocycles. The van der Waals surface area contributed by atoms with Gasteiger partial charge in [0, 0.05) is 74.8 Å². The van der Waals surface area contributed by atoms with Gasteiger partial charge in [-0.1, -0.05) is 78.3 Å². The summed E-state index contributed by atoms with van der Waals surface area (Å²) in [6, 6.07) is 40.4. The first kappa shape index (κ1) is 41.3. The van der Waals surface area contributed by atoms with Crippen molar-refractivity contribution in [3.63, 3.8) is 0 Å². The number of carbonyl (C=O) groups is 1. The van der Waals surface area contributed by atoms with E-state index in [1.807, 2.05) is 73.7 Å². The number of morpholine rings is 1. The summed E-state index contributed by atoms with van der Waals surface area (Å²) >= 11 is 6.17. The van der Waals surface area contributed by atoms with Gasteiger partial charge in [-0.25, -0.2) is 13.1 Å². The van der Waals surface area contributed by atoms with Gasteiger partial charge >= 0.3 is 0 Å². The fourth-order valence-electron chi connectivity index (χ4n) is 7.90. The predicted molar refractivity (Wildman–Crippen MR) is 241 cm³/mol. The molecular formula is C48H50ClN5O5S. The third kappa shape index (κ3) is 10.1. The SMILES string of the molecule is Cc1cc(S(=O)(=O)NC(=O)c2ccc(N3CCN(Cc4ccccc4-c4ccc(Cl)cc4)CC3)cc2Oc2ccc3ccccc3c2)ccc1NCCCN1CCOCC1. The normalized spacial score (nSPS) is 15.2. The molecule has 0 unspecified atom stereocenters. The highest BCUT2D eigenvalue weighted by Gasteiger charge is 2.25. The van der Waals surface area contributed by atoms with Gasteiger partial charge < -0.3 is 19.7 Å². The average Bonchev–Trinajstić information content (AvgIpc) is 3.26. The van der Waals surface area contributed by atoms with Crippen LogP contribution in [0.4, 0.5) is 11.4 Å². The van der Waals surface area contributed by atoms with E-state index in [9.17, 15) is 13.2 Å². The number of anilines is 2. The van der Waals surface area contributed by atoms with E-state index >= 15 is 0 Å². The molecule has 60 heavy (non-hydrogen) atoms. The Balaban J connectivity index is 0.966. The first-order valence-electron chi connectivity index (χ1n) is 20.5. The van der Waals surface area contributed by atoms with Crippen molar-refractivity contribution in [2.75, 3.05) is 75.8 Å². The van der Waals surface area contributed by atoms with Gasteiger partial charge in [-0.2, -0.15) is 0 Å². The number of carbonyl (C=O) groups excluding carboxylic acids is 1. The van der Waals surface area contributed by atoms with E-state index in [4.69, 9.17) is 21.1 Å². The molecule has 2 aliphatic heterocycles. The second-order valence-electron chi connectivity index (χ2n) is 15.4. The van der Waals surface area contributed by atoms with E-state index in [-0.39, 0.29) is 16.2 Å². The highest BCUT2D eigenvalue weighted by atomic mass is 35.5. The Morgan fingerprint density at radius 3 is 2.30 bits per heavy atom. The molecule has 8 rings (SSSR count). The van der Waals surface area contributed by atoms with Gasteiger partial charge in [0.15, 0.2) is 0 Å². The van der Waals surface area contributed by atoms with Crippen molar-refractivity contribution >= 4 is 49.7 Å². The lowest BCUT2D eigenvalue weighted by atomic mass is 9.99. The molecule has 2 heterocycles. The fourth-order valence-corrected chi connectivity index (χ4v) is 9.08. The minimum atomic E-state index is -4.21. The maximum Gasteiger partial charge on any atom is 0.268 e. The molecule has 2 aliphatic rings. The number of halogens is 1. The number of hydrogen-bond acceptors (Lipinski definition) is 9. The molecule has 0 bridgehead atoms. The number of amides is 1. The van der Waals surface area contributed by atoms with Crippen LogP contribution in [0.5, 0.6) is 11.5 Å². The second kappa shape index (κ2) is 18.9. The van der Waals surface area contributed by atoms with Crippen molar-refractivity contribution < 1.29 is 22.7 Å². The van der Waals surface area contributed by atoms with Crippen LogP contribution in [-0.2, 0) is 21.3 Å². The third-order valence-corrected chi connectivity index (χ3v) is 12.8. The lowest BCUT2D eigenvalue weighted by Gasteiger charge is -2.36. The minimum Gasteiger partial charge on any atom is -0.456 e. The van der Waals surface area contributed by atoms with Crippen molar-refractivity contribution in [1.82, 2.24) is 14.5 Å². The number of aryl methyl sites for hydroxylation is 1. The monoisotopic (exact) mass is 843 g/mol. The van der Waals surface area contributed by atoms with Crippen LogP contribution < -0.4 is 19.7 Å². The number of nitrogens with one attached hydrogen (secondary N) is 2. The van der Waals surface area contributed by atoms with E-state index in [1.54, 1.807) is 18.2 Å². The Hall–Kier alpha value is -5.43. The molecule has 2 N–H and O–H groups in total. The Kier molecular flexibility index (Phi) is 13.0. The number of fused-ring (bicyclic) bond motifs is 1. The molecule has 2 fully saturated rings. The summed E-state index contributed by atoms with van der Waals surface area (Å²) in [7, 11) is -4.21. The molecule has 6 aromatic rings. The van der Waals surface area contributed by atoms with Crippen LogP contribution in [0.2, 0.25) is 5.02 Å². The molecule has 6 aromatic carbocycles. The van der Waals surface area contributed by atoms with E-state index in [2.05, 4.69) is 61.1 Å². The second-order valence-corrected chi connectivity index (χ2v) is 17.5. The van der Waals surface area contributed by atoms with Gasteiger partial charge in [0.25, 0.3) is 15.9 Å². The van der Waals surface area contributed by atoms with Crippen molar-refractivity contribution in [3.8, 4) is 22.6 Å². The third-order valence-electron chi connectivity index (χ3n) is 11.3. The first-order valence-corrected chi connectivity index (χ1v) is 22.4. The summed E-state index contributed by atoms with van der Waals surface area (Å²) < 4.78 is 41.6. The summed E-state index contributed by atoms with van der Waals surface area (Å²) in [6.45, 7) is 11.0. The highest BCUT2D eigenvalue weighted by Crippen LogP contribution is 2.33. The van der Waals surface area contributed by atoms with Crippen LogP contribution in [0.3, 0.4) is 0 Å². The molecule has 0 spiro atoms. The van der Waals surface area contributed by atoms with E-state index in [1.165, 1.54) is 17.2 Å². The van der Waals surface area contributed by atoms with Gasteiger partial charge in [0.05, 0.1) is 23.7 Å². The number of hydrogen-bond donors (Lipinski definition) is 2. The number of sulfonamides is 1. The van der Waals surface area contributed by atoms with Crippen molar-refractivity contribution in [1.29, 1.82) is 0 Å². The summed E-state index contributed by atoms with van der Waals surface area (Å²) in [5.74, 6) is 0.0303. The van der Waals surface area contributed by atoms with Crippen molar-refractivity contribution in [2.24, 2.45) is 0 Å². The fraction of sp³-hybridized carbons (Fsp3) is 0.271. The average molecular weight is 844 g/mol. The number of benzene rings is 6. The minimum absolute atomic E-state index is 0.00879. The number of rotatable bonds is 14. The molecule has 0 aromatic heterocycles. The van der Waals surface area contributed by atoms with Crippen LogP contribution in [0.15, 0.2) is 132 Å². The summed E-state index contributed by atoms with van der Waals surface area (Å²) in [5, 5.41) is 6.18. The number of piperazine rings is 1. The Morgan fingerprint density at radius 1 is 0.767 bits per heavy atom. The summed E-state index contributed by atoms with van der Waals surface area (Å²) in [4.78, 5) is 21.1. The molecular weight excluding hydrogens is 794 g/mol. The molecule has 0 aliphatic carbocycles. The number of ether oxygens (including phenoxy) is 2. The summed E-state index contributed by atoms with van der Waals surface area (Å²) in [5.41, 5.74) is 6.20. The zero-order valence-corrected chi connectivity index (χ0v) is 35.4. The zero-order chi connectivity index (χ0) is 41.5. The van der Waals surface area contributed by atoms with Crippen molar-refractivity contribution in [2.45, 2.75) is 24.8 Å². The van der Waals surface area contributed by atoms with E-state index in [0.29, 0.717) is 10.8 Å². The topological polar surface area (TPSA) is 103 Å². The van der Waals surface area contributed by atoms with Crippen LogP contribution in [0.25, 0.3) is 21.9 Å². The molecule has 0 atom stereocenters. The van der Waals surface area contributed by atoms with Crippen LogP contribution in [0, 0.1) is 6.92 Å². The van der Waals surface area contributed by atoms with Gasteiger partial charge in [0.2, 0.25) is 0 Å². The van der Waals surface area contributed by atoms with E-state index in [0.717, 1.165) is 112 Å². The Morgan fingerprint density at radius 2 is 1.52 bits per heavy atom. The van der Waals surface area contributed by atoms with Gasteiger partial charge in [-0.15, -0.1) is 0 Å². The van der Waals surface area contributed by atoms with Crippen LogP contribution >= 0.6 is 11.6 Å². The standard InChI is InChI=1S/C48H50ClN5O5S/c1-35-31-43(18-20-46(35)50-21-6-22-52-27-29-58-30-28-52)60(56,57)51-48(55)45-19-16-41(33-47(45)59-42-17-13-36-7-2-3-8-38(36)32-42)54-25-23-53(24-26-54)34-39-9-4-5-10-44(39)37-11-14-40(49)15-12-37/h2-5,7-20,31-33,50H,6,21-30,34H2,1H3,(H,51,55). The maximum atomic E-state index is 13.9. The lowest BCUT2D eigenvalue weighted by molar-refractivity contribution is 0.0378. The number of nitrogens with zero attached hydrogens (tertiary/aromatic N) is 3. The van der Waals surface area contributed by atoms with Gasteiger partial charge in [-0.05, 0) is 108 Å². The molecule has 0 radical (unpaired) electrons. The first-order chi connectivity index (χ1) is 29.2. The Labute approximate surface area is 357 Å². The summed E-state index contributed by atoms with van der Waals surface area (Å²) in [6.07, 6.45) is 0.953. The van der Waals surface area contributed by atoms with Crippen LogP contribution in [-0.4, -0.2) is 89.7 Å². The zero-order valence-electron chi connectivity index (χ0n) is 33.8. The molecule has 10 nitrogen and oxygen atoms in total. The maximum absolute atomic E-state index is 13.9. The van der Waals surface area contributed by atoms with Crippen LogP contribution in [0.1, 0.15) is 27.9 Å². The highest BCUT2D eigenvalue weighted by molar-refractivity contribution is 7.90. The van der Waals surface area contributed by atoms with Gasteiger partial charge in [-0.3, -0.25) is 14.6 Å². The Bertz CT molecular complexity index is 2560. The van der Waals surface area contributed by atoms with Gasteiger partial charge in [0.1, 0.15) is 11.5 Å². The lowest BCUT2D eigenvalue weighted by Crippen LogP contribution is -2.46.